The zero-order chi connectivity index (χ0) is 25.4. The van der Waals surface area contributed by atoms with Gasteiger partial charge in [0.25, 0.3) is 0 Å². The topological polar surface area (TPSA) is 94.6 Å². The highest BCUT2D eigenvalue weighted by molar-refractivity contribution is 9.10. The zero-order valence-corrected chi connectivity index (χ0v) is 21.9. The molecule has 0 radical (unpaired) electrons. The number of carbonyl (C=O) groups is 1. The molecule has 9 nitrogen and oxygen atoms in total. The minimum atomic E-state index is -0.308. The number of hydrogen-bond acceptors (Lipinski definition) is 8. The molecule has 10 heteroatoms. The number of nitrogens with one attached hydrogen (secondary N) is 3. The van der Waals surface area contributed by atoms with Crippen molar-refractivity contribution in [2.45, 2.75) is 0 Å². The summed E-state index contributed by atoms with van der Waals surface area (Å²) >= 11 is 3.49. The maximum Gasteiger partial charge on any atom is 0.247 e. The van der Waals surface area contributed by atoms with Crippen LogP contribution in [0.4, 0.5) is 34.5 Å². The molecule has 3 aromatic rings. The molecule has 0 saturated heterocycles. The number of hydrogen-bond donors (Lipinski definition) is 3. The maximum atomic E-state index is 12.2. The highest BCUT2D eigenvalue weighted by Gasteiger charge is 2.17. The lowest BCUT2D eigenvalue weighted by Crippen LogP contribution is -2.29. The largest absolute Gasteiger partial charge is 0.494 e. The molecule has 0 aliphatic rings. The highest BCUT2D eigenvalue weighted by atomic mass is 79.9. The monoisotopic (exact) mass is 539 g/mol. The van der Waals surface area contributed by atoms with Gasteiger partial charge in [0.15, 0.2) is 0 Å². The van der Waals surface area contributed by atoms with Crippen LogP contribution in [-0.4, -0.2) is 62.1 Å². The van der Waals surface area contributed by atoms with E-state index in [1.165, 1.54) is 6.08 Å². The van der Waals surface area contributed by atoms with Crippen LogP contribution in [-0.2, 0) is 4.79 Å². The summed E-state index contributed by atoms with van der Waals surface area (Å²) in [6, 6.07) is 13.4. The normalized spacial score (nSPS) is 10.6. The number of ether oxygens (including phenoxy) is 1. The van der Waals surface area contributed by atoms with Gasteiger partial charge in [-0.05, 0) is 54.3 Å². The van der Waals surface area contributed by atoms with Gasteiger partial charge in [-0.15, -0.1) is 0 Å². The van der Waals surface area contributed by atoms with Crippen LogP contribution in [0.1, 0.15) is 0 Å². The quantitative estimate of drug-likeness (QED) is 0.297. The van der Waals surface area contributed by atoms with E-state index in [2.05, 4.69) is 58.2 Å². The Bertz CT molecular complexity index is 1170. The molecule has 35 heavy (non-hydrogen) atoms. The molecule has 3 N–H and O–H groups in total. The first kappa shape index (κ1) is 26.0. The minimum absolute atomic E-state index is 0.308. The van der Waals surface area contributed by atoms with Gasteiger partial charge in [-0.1, -0.05) is 24.8 Å². The summed E-state index contributed by atoms with van der Waals surface area (Å²) in [6.07, 6.45) is 2.90. The van der Waals surface area contributed by atoms with E-state index in [4.69, 9.17) is 4.74 Å². The molecule has 3 rings (SSSR count). The van der Waals surface area contributed by atoms with E-state index in [9.17, 15) is 4.79 Å². The second kappa shape index (κ2) is 12.2. The van der Waals surface area contributed by atoms with Crippen LogP contribution in [0.2, 0.25) is 0 Å². The van der Waals surface area contributed by atoms with Crippen molar-refractivity contribution < 1.29 is 9.53 Å². The van der Waals surface area contributed by atoms with Crippen molar-refractivity contribution in [1.82, 2.24) is 14.9 Å². The SMILES string of the molecule is C=CC(=O)Nc1cc(Nc2ncc(Br)c(Nc3ccccc3)n2)c(OC)cc1N(C)CCN(C)C. The van der Waals surface area contributed by atoms with E-state index in [1.54, 1.807) is 19.4 Å². The van der Waals surface area contributed by atoms with Crippen LogP contribution in [0.15, 0.2) is 65.8 Å². The number of carbonyl (C=O) groups excluding carboxylic acids is 1. The molecular weight excluding hydrogens is 510 g/mol. The van der Waals surface area contributed by atoms with Gasteiger partial charge in [0.2, 0.25) is 11.9 Å². The first-order valence-electron chi connectivity index (χ1n) is 10.9. The van der Waals surface area contributed by atoms with Crippen molar-refractivity contribution in [3.63, 3.8) is 0 Å². The Morgan fingerprint density at radius 3 is 2.51 bits per heavy atom. The van der Waals surface area contributed by atoms with Gasteiger partial charge in [-0.3, -0.25) is 4.79 Å². The zero-order valence-electron chi connectivity index (χ0n) is 20.3. The third kappa shape index (κ3) is 7.17. The van der Waals surface area contributed by atoms with E-state index in [0.717, 1.165) is 28.9 Å². The molecule has 1 amide bonds. The molecule has 1 aromatic heterocycles. The summed E-state index contributed by atoms with van der Waals surface area (Å²) in [5, 5.41) is 9.38. The van der Waals surface area contributed by atoms with Crippen LogP contribution in [0.25, 0.3) is 0 Å². The number of rotatable bonds is 11. The highest BCUT2D eigenvalue weighted by Crippen LogP contribution is 2.38. The van der Waals surface area contributed by atoms with E-state index in [-0.39, 0.29) is 5.91 Å². The molecule has 1 heterocycles. The average molecular weight is 540 g/mol. The van der Waals surface area contributed by atoms with Crippen LogP contribution in [0, 0.1) is 0 Å². The van der Waals surface area contributed by atoms with E-state index in [1.807, 2.05) is 57.5 Å². The molecule has 0 atom stereocenters. The molecule has 184 valence electrons. The Balaban J connectivity index is 1.95. The standard InChI is InChI=1S/C25H30BrN7O2/c1-6-23(34)29-19-14-20(22(35-5)15-21(19)33(4)13-12-32(2)3)30-25-27-16-18(26)24(31-25)28-17-10-8-7-9-11-17/h6-11,14-16H,1,12-13H2,2-5H3,(H,29,34)(H2,27,28,30,31). The van der Waals surface area contributed by atoms with Crippen molar-refractivity contribution in [3.05, 3.63) is 65.8 Å². The second-order valence-corrected chi connectivity index (χ2v) is 8.85. The van der Waals surface area contributed by atoms with Crippen molar-refractivity contribution >= 4 is 56.4 Å². The lowest BCUT2D eigenvalue weighted by atomic mass is 10.2. The summed E-state index contributed by atoms with van der Waals surface area (Å²) in [5.41, 5.74) is 2.92. The Morgan fingerprint density at radius 1 is 1.11 bits per heavy atom. The van der Waals surface area contributed by atoms with Crippen molar-refractivity contribution in [2.24, 2.45) is 0 Å². The molecule has 0 fully saturated rings. The molecule has 0 bridgehead atoms. The number of para-hydroxylation sites is 1. The summed E-state index contributed by atoms with van der Waals surface area (Å²) in [6.45, 7) is 5.16. The summed E-state index contributed by atoms with van der Waals surface area (Å²) in [5.74, 6) is 1.24. The van der Waals surface area contributed by atoms with Crippen LogP contribution >= 0.6 is 15.9 Å². The van der Waals surface area contributed by atoms with Crippen molar-refractivity contribution in [3.8, 4) is 5.75 Å². The first-order valence-corrected chi connectivity index (χ1v) is 11.7. The number of nitrogens with zero attached hydrogens (tertiary/aromatic N) is 4. The third-order valence-corrected chi connectivity index (χ3v) is 5.66. The Labute approximate surface area is 214 Å². The van der Waals surface area contributed by atoms with Crippen molar-refractivity contribution in [2.75, 3.05) is 62.2 Å². The molecule has 2 aromatic carbocycles. The Kier molecular flexibility index (Phi) is 9.04. The van der Waals surface area contributed by atoms with Crippen LogP contribution < -0.4 is 25.6 Å². The second-order valence-electron chi connectivity index (χ2n) is 7.99. The number of amides is 1. The van der Waals surface area contributed by atoms with Gasteiger partial charge < -0.3 is 30.5 Å². The van der Waals surface area contributed by atoms with Gasteiger partial charge in [-0.25, -0.2) is 4.98 Å². The molecule has 0 spiro atoms. The molecule has 0 aliphatic carbocycles. The van der Waals surface area contributed by atoms with Gasteiger partial charge in [0.1, 0.15) is 11.6 Å². The number of halogens is 1. The fourth-order valence-electron chi connectivity index (χ4n) is 3.20. The molecule has 0 saturated carbocycles. The Morgan fingerprint density at radius 2 is 1.86 bits per heavy atom. The maximum absolute atomic E-state index is 12.2. The van der Waals surface area contributed by atoms with Gasteiger partial charge in [-0.2, -0.15) is 4.98 Å². The third-order valence-electron chi connectivity index (χ3n) is 5.08. The summed E-state index contributed by atoms with van der Waals surface area (Å²) in [4.78, 5) is 25.3. The van der Waals surface area contributed by atoms with Gasteiger partial charge in [0.05, 0.1) is 28.6 Å². The van der Waals surface area contributed by atoms with Crippen LogP contribution in [0.3, 0.4) is 0 Å². The molecule has 0 aliphatic heterocycles. The number of benzene rings is 2. The minimum Gasteiger partial charge on any atom is -0.494 e. The smallest absolute Gasteiger partial charge is 0.247 e. The van der Waals surface area contributed by atoms with Gasteiger partial charge >= 0.3 is 0 Å². The lowest BCUT2D eigenvalue weighted by Gasteiger charge is -2.26. The number of anilines is 6. The molecular formula is C25H30BrN7O2. The summed E-state index contributed by atoms with van der Waals surface area (Å²) < 4.78 is 6.38. The summed E-state index contributed by atoms with van der Waals surface area (Å²) in [7, 11) is 7.59. The fraction of sp³-hybridized carbons (Fsp3) is 0.240. The Hall–Kier alpha value is -3.63. The van der Waals surface area contributed by atoms with Crippen molar-refractivity contribution in [1.29, 1.82) is 0 Å². The van der Waals surface area contributed by atoms with E-state index in [0.29, 0.717) is 28.9 Å². The number of likely N-dealkylation sites (N-methyl/N-ethyl adjacent to an activating group) is 2. The first-order chi connectivity index (χ1) is 16.8. The van der Waals surface area contributed by atoms with E-state index >= 15 is 0 Å². The van der Waals surface area contributed by atoms with Gasteiger partial charge in [0, 0.05) is 38.1 Å². The molecule has 0 unspecified atom stereocenters. The average Bonchev–Trinajstić information content (AvgIpc) is 2.85. The predicted molar refractivity (Wildman–Crippen MR) is 146 cm³/mol. The number of aromatic nitrogens is 2. The predicted octanol–water partition coefficient (Wildman–Crippen LogP) is 4.86. The lowest BCUT2D eigenvalue weighted by molar-refractivity contribution is -0.111. The number of methoxy groups -OCH3 is 1. The van der Waals surface area contributed by atoms with Crippen LogP contribution in [0.5, 0.6) is 5.75 Å². The fourth-order valence-corrected chi connectivity index (χ4v) is 3.49. The van der Waals surface area contributed by atoms with E-state index < -0.39 is 0 Å².